The largest absolute Gasteiger partial charge is 0.283 e. The van der Waals surface area contributed by atoms with Gasteiger partial charge in [-0.15, -0.1) is 0 Å². The molecule has 0 aliphatic carbocycles. The van der Waals surface area contributed by atoms with E-state index in [2.05, 4.69) is 19.6 Å². The van der Waals surface area contributed by atoms with Crippen molar-refractivity contribution in [1.82, 2.24) is 4.57 Å². The molecule has 0 saturated carbocycles. The van der Waals surface area contributed by atoms with Gasteiger partial charge in [0.25, 0.3) is 5.91 Å². The van der Waals surface area contributed by atoms with E-state index in [1.807, 2.05) is 18.2 Å². The quantitative estimate of drug-likeness (QED) is 0.681. The molecule has 0 spiro atoms. The minimum absolute atomic E-state index is 0.0779. The van der Waals surface area contributed by atoms with E-state index in [1.54, 1.807) is 10.8 Å². The van der Waals surface area contributed by atoms with E-state index in [-0.39, 0.29) is 5.91 Å². The van der Waals surface area contributed by atoms with E-state index in [4.69, 9.17) is 0 Å². The van der Waals surface area contributed by atoms with Crippen LogP contribution < -0.4 is 0 Å². The van der Waals surface area contributed by atoms with Crippen molar-refractivity contribution >= 4 is 16.8 Å². The minimum atomic E-state index is -0.0779. The Morgan fingerprint density at radius 2 is 2.27 bits per heavy atom. The Kier molecular flexibility index (Phi) is 2.42. The van der Waals surface area contributed by atoms with Crippen LogP contribution in [-0.4, -0.2) is 10.5 Å². The maximum absolute atomic E-state index is 11.6. The zero-order chi connectivity index (χ0) is 10.8. The number of carbonyl (C=O) groups excluding carboxylic acids is 1. The number of nitrogens with zero attached hydrogens (tertiary/aromatic N) is 1. The van der Waals surface area contributed by atoms with Crippen LogP contribution in [0.15, 0.2) is 43.1 Å². The average Bonchev–Trinajstić information content (AvgIpc) is 2.71. The van der Waals surface area contributed by atoms with Gasteiger partial charge < -0.3 is 0 Å². The smallest absolute Gasteiger partial charge is 0.254 e. The van der Waals surface area contributed by atoms with Gasteiger partial charge in [-0.05, 0) is 24.1 Å². The fourth-order valence-electron chi connectivity index (χ4n) is 1.84. The summed E-state index contributed by atoms with van der Waals surface area (Å²) in [6.45, 7) is 5.60. The second-order valence-electron chi connectivity index (χ2n) is 3.44. The van der Waals surface area contributed by atoms with Crippen LogP contribution in [0, 0.1) is 0 Å². The summed E-state index contributed by atoms with van der Waals surface area (Å²) in [5, 5.41) is 1.10. The van der Waals surface area contributed by atoms with Gasteiger partial charge in [-0.25, -0.2) is 0 Å². The SMILES string of the molecule is C=CC(=O)n1ccc2cccc(CC)c21. The molecule has 1 aromatic heterocycles. The molecule has 0 aliphatic rings. The molecule has 0 amide bonds. The fourth-order valence-corrected chi connectivity index (χ4v) is 1.84. The molecule has 15 heavy (non-hydrogen) atoms. The van der Waals surface area contributed by atoms with Crippen LogP contribution in [0.2, 0.25) is 0 Å². The molecule has 0 bridgehead atoms. The predicted molar refractivity (Wildman–Crippen MR) is 62.1 cm³/mol. The van der Waals surface area contributed by atoms with Gasteiger partial charge in [-0.2, -0.15) is 0 Å². The summed E-state index contributed by atoms with van der Waals surface area (Å²) in [7, 11) is 0. The van der Waals surface area contributed by atoms with Crippen LogP contribution >= 0.6 is 0 Å². The molecule has 0 fully saturated rings. The van der Waals surface area contributed by atoms with Gasteiger partial charge in [0.2, 0.25) is 0 Å². The number of aromatic nitrogens is 1. The Morgan fingerprint density at radius 1 is 1.47 bits per heavy atom. The second kappa shape index (κ2) is 3.73. The molecule has 2 aromatic rings. The summed E-state index contributed by atoms with van der Waals surface area (Å²) < 4.78 is 1.65. The molecule has 2 nitrogen and oxygen atoms in total. The zero-order valence-corrected chi connectivity index (χ0v) is 8.73. The third-order valence-electron chi connectivity index (χ3n) is 2.59. The highest BCUT2D eigenvalue weighted by Gasteiger charge is 2.08. The normalized spacial score (nSPS) is 10.5. The van der Waals surface area contributed by atoms with Gasteiger partial charge in [-0.1, -0.05) is 31.7 Å². The maximum atomic E-state index is 11.6. The van der Waals surface area contributed by atoms with Crippen LogP contribution in [-0.2, 0) is 6.42 Å². The summed E-state index contributed by atoms with van der Waals surface area (Å²) >= 11 is 0. The monoisotopic (exact) mass is 199 g/mol. The highest BCUT2D eigenvalue weighted by Crippen LogP contribution is 2.20. The van der Waals surface area contributed by atoms with Crippen LogP contribution in [0.5, 0.6) is 0 Å². The highest BCUT2D eigenvalue weighted by atomic mass is 16.1. The number of benzene rings is 1. The molecule has 0 unspecified atom stereocenters. The summed E-state index contributed by atoms with van der Waals surface area (Å²) in [5.41, 5.74) is 2.19. The Labute approximate surface area is 88.8 Å². The first-order valence-corrected chi connectivity index (χ1v) is 5.03. The van der Waals surface area contributed by atoms with Crippen molar-refractivity contribution in [2.24, 2.45) is 0 Å². The van der Waals surface area contributed by atoms with Crippen molar-refractivity contribution in [3.63, 3.8) is 0 Å². The molecule has 0 atom stereocenters. The lowest BCUT2D eigenvalue weighted by molar-refractivity contribution is 0.0974. The first kappa shape index (κ1) is 9.71. The number of aryl methyl sites for hydroxylation is 1. The number of allylic oxidation sites excluding steroid dienone is 1. The number of hydrogen-bond acceptors (Lipinski definition) is 1. The molecule has 1 aromatic carbocycles. The molecule has 2 rings (SSSR count). The van der Waals surface area contributed by atoms with Crippen molar-refractivity contribution in [1.29, 1.82) is 0 Å². The topological polar surface area (TPSA) is 22.0 Å². The van der Waals surface area contributed by atoms with Crippen LogP contribution in [0.3, 0.4) is 0 Å². The Morgan fingerprint density at radius 3 is 2.93 bits per heavy atom. The van der Waals surface area contributed by atoms with Gasteiger partial charge >= 0.3 is 0 Å². The van der Waals surface area contributed by atoms with E-state index >= 15 is 0 Å². The van der Waals surface area contributed by atoms with Crippen molar-refractivity contribution in [2.45, 2.75) is 13.3 Å². The van der Waals surface area contributed by atoms with E-state index in [0.29, 0.717) is 0 Å². The Bertz CT molecular complexity index is 522. The van der Waals surface area contributed by atoms with Gasteiger partial charge in [0.1, 0.15) is 0 Å². The number of fused-ring (bicyclic) bond motifs is 1. The summed E-state index contributed by atoms with van der Waals surface area (Å²) in [4.78, 5) is 11.6. The van der Waals surface area contributed by atoms with Gasteiger partial charge in [0, 0.05) is 11.6 Å². The average molecular weight is 199 g/mol. The fraction of sp³-hybridized carbons (Fsp3) is 0.154. The van der Waals surface area contributed by atoms with Gasteiger partial charge in [0.05, 0.1) is 5.52 Å². The van der Waals surface area contributed by atoms with E-state index in [1.165, 1.54) is 11.6 Å². The molecule has 0 saturated heterocycles. The zero-order valence-electron chi connectivity index (χ0n) is 8.73. The summed E-state index contributed by atoms with van der Waals surface area (Å²) in [5.74, 6) is -0.0779. The summed E-state index contributed by atoms with van der Waals surface area (Å²) in [6, 6.07) is 8.04. The van der Waals surface area contributed by atoms with Gasteiger partial charge in [0.15, 0.2) is 0 Å². The minimum Gasteiger partial charge on any atom is -0.283 e. The molecule has 0 radical (unpaired) electrons. The molecule has 76 valence electrons. The second-order valence-corrected chi connectivity index (χ2v) is 3.44. The maximum Gasteiger partial charge on any atom is 0.254 e. The van der Waals surface area contributed by atoms with Crippen molar-refractivity contribution < 1.29 is 4.79 Å². The third kappa shape index (κ3) is 1.48. The van der Waals surface area contributed by atoms with Crippen molar-refractivity contribution in [3.8, 4) is 0 Å². The standard InChI is InChI=1S/C13H13NO/c1-3-10-6-5-7-11-8-9-14(13(10)11)12(15)4-2/h4-9H,2-3H2,1H3. The number of rotatable bonds is 2. The molecule has 0 aliphatic heterocycles. The molecule has 0 N–H and O–H groups in total. The first-order chi connectivity index (χ1) is 7.27. The molecule has 1 heterocycles. The Hall–Kier alpha value is -1.83. The number of para-hydroxylation sites is 1. The Balaban J connectivity index is 2.76. The van der Waals surface area contributed by atoms with E-state index in [0.717, 1.165) is 17.3 Å². The number of hydrogen-bond donors (Lipinski definition) is 0. The predicted octanol–water partition coefficient (Wildman–Crippen LogP) is 3.03. The third-order valence-corrected chi connectivity index (χ3v) is 2.59. The van der Waals surface area contributed by atoms with E-state index < -0.39 is 0 Å². The molecule has 2 heteroatoms. The van der Waals surface area contributed by atoms with Crippen molar-refractivity contribution in [2.75, 3.05) is 0 Å². The summed E-state index contributed by atoms with van der Waals surface area (Å²) in [6.07, 6.45) is 4.06. The van der Waals surface area contributed by atoms with Crippen LogP contribution in [0.4, 0.5) is 0 Å². The molecular weight excluding hydrogens is 186 g/mol. The van der Waals surface area contributed by atoms with E-state index in [9.17, 15) is 4.79 Å². The lowest BCUT2D eigenvalue weighted by Gasteiger charge is -2.04. The van der Waals surface area contributed by atoms with Crippen molar-refractivity contribution in [3.05, 3.63) is 48.7 Å². The lowest BCUT2D eigenvalue weighted by Crippen LogP contribution is -2.06. The molecular formula is C13H13NO. The van der Waals surface area contributed by atoms with Crippen LogP contribution in [0.25, 0.3) is 10.9 Å². The number of carbonyl (C=O) groups is 1. The lowest BCUT2D eigenvalue weighted by atomic mass is 10.1. The first-order valence-electron chi connectivity index (χ1n) is 5.03. The highest BCUT2D eigenvalue weighted by molar-refractivity contribution is 5.99. The van der Waals surface area contributed by atoms with Crippen LogP contribution in [0.1, 0.15) is 17.3 Å². The van der Waals surface area contributed by atoms with Gasteiger partial charge in [-0.3, -0.25) is 9.36 Å².